The fourth-order valence-corrected chi connectivity index (χ4v) is 4.28. The Morgan fingerprint density at radius 2 is 1.96 bits per heavy atom. The number of anilines is 1. The van der Waals surface area contributed by atoms with Gasteiger partial charge >= 0.3 is 0 Å². The second kappa shape index (κ2) is 6.70. The van der Waals surface area contributed by atoms with E-state index in [9.17, 15) is 13.2 Å². The maximum absolute atomic E-state index is 12.2. The molecule has 7 heteroatoms. The largest absolute Gasteiger partial charge is 0.349 e. The number of carbonyl (C=O) groups is 1. The van der Waals surface area contributed by atoms with Crippen molar-refractivity contribution in [1.82, 2.24) is 5.32 Å². The van der Waals surface area contributed by atoms with E-state index in [0.717, 1.165) is 6.42 Å². The van der Waals surface area contributed by atoms with Gasteiger partial charge in [-0.15, -0.1) is 4.40 Å². The van der Waals surface area contributed by atoms with Gasteiger partial charge in [0.1, 0.15) is 4.90 Å². The Bertz CT molecular complexity index is 722. The van der Waals surface area contributed by atoms with Crippen LogP contribution in [0.25, 0.3) is 0 Å². The number of nitrogens with zero attached hydrogens (tertiary/aromatic N) is 1. The first-order valence-corrected chi connectivity index (χ1v) is 9.49. The molecular formula is C16H21N3O3S. The molecule has 0 spiro atoms. The number of nitrogens with one attached hydrogen (secondary N) is 2. The summed E-state index contributed by atoms with van der Waals surface area (Å²) in [6.07, 6.45) is 7.21. The van der Waals surface area contributed by atoms with Gasteiger partial charge in [-0.3, -0.25) is 4.79 Å². The van der Waals surface area contributed by atoms with E-state index in [2.05, 4.69) is 15.0 Å². The summed E-state index contributed by atoms with van der Waals surface area (Å²) < 4.78 is 27.8. The average Bonchev–Trinajstić information content (AvgIpc) is 2.55. The molecule has 1 saturated carbocycles. The fourth-order valence-electron chi connectivity index (χ4n) is 3.16. The van der Waals surface area contributed by atoms with Gasteiger partial charge < -0.3 is 10.6 Å². The van der Waals surface area contributed by atoms with Crippen molar-refractivity contribution in [1.29, 1.82) is 0 Å². The maximum Gasteiger partial charge on any atom is 0.287 e. The number of para-hydroxylation sites is 1. The van der Waals surface area contributed by atoms with Crippen LogP contribution >= 0.6 is 0 Å². The highest BCUT2D eigenvalue weighted by Gasteiger charge is 2.27. The molecule has 2 N–H and O–H groups in total. The van der Waals surface area contributed by atoms with Crippen molar-refractivity contribution < 1.29 is 13.2 Å². The average molecular weight is 335 g/mol. The number of rotatable bonds is 4. The van der Waals surface area contributed by atoms with E-state index in [4.69, 9.17) is 0 Å². The third kappa shape index (κ3) is 3.72. The van der Waals surface area contributed by atoms with Crippen molar-refractivity contribution >= 4 is 27.5 Å². The lowest BCUT2D eigenvalue weighted by molar-refractivity contribution is -0.114. The summed E-state index contributed by atoms with van der Waals surface area (Å²) in [5.74, 6) is 0.0287. The highest BCUT2D eigenvalue weighted by Crippen LogP contribution is 2.27. The van der Waals surface area contributed by atoms with Gasteiger partial charge in [0.15, 0.2) is 0 Å². The monoisotopic (exact) mass is 335 g/mol. The Balaban J connectivity index is 1.61. The maximum atomic E-state index is 12.2. The minimum Gasteiger partial charge on any atom is -0.349 e. The smallest absolute Gasteiger partial charge is 0.287 e. The first kappa shape index (κ1) is 16.0. The molecule has 0 atom stereocenters. The molecule has 0 saturated heterocycles. The number of hydrogen-bond donors (Lipinski definition) is 2. The summed E-state index contributed by atoms with van der Waals surface area (Å²) in [6, 6.07) is 6.43. The quantitative estimate of drug-likeness (QED) is 0.884. The van der Waals surface area contributed by atoms with E-state index in [1.807, 2.05) is 0 Å². The van der Waals surface area contributed by atoms with Crippen LogP contribution in [0.15, 0.2) is 33.6 Å². The third-order valence-electron chi connectivity index (χ3n) is 4.41. The first-order chi connectivity index (χ1) is 11.1. The van der Waals surface area contributed by atoms with E-state index in [1.54, 1.807) is 18.2 Å². The van der Waals surface area contributed by atoms with Gasteiger partial charge in [0.25, 0.3) is 15.9 Å². The molecule has 0 bridgehead atoms. The van der Waals surface area contributed by atoms with Gasteiger partial charge in [0.05, 0.1) is 5.69 Å². The Morgan fingerprint density at radius 1 is 1.22 bits per heavy atom. The van der Waals surface area contributed by atoms with Gasteiger partial charge in [-0.1, -0.05) is 44.2 Å². The molecule has 1 amide bonds. The summed E-state index contributed by atoms with van der Waals surface area (Å²) >= 11 is 0. The first-order valence-electron chi connectivity index (χ1n) is 8.05. The third-order valence-corrected chi connectivity index (χ3v) is 5.74. The molecule has 1 fully saturated rings. The topological polar surface area (TPSA) is 87.6 Å². The number of amides is 1. The predicted molar refractivity (Wildman–Crippen MR) is 88.9 cm³/mol. The molecular weight excluding hydrogens is 314 g/mol. The van der Waals surface area contributed by atoms with Crippen molar-refractivity contribution in [3.63, 3.8) is 0 Å². The van der Waals surface area contributed by atoms with Crippen LogP contribution in [0.3, 0.4) is 0 Å². The molecule has 2 aliphatic rings. The molecule has 1 aromatic rings. The predicted octanol–water partition coefficient (Wildman–Crippen LogP) is 2.29. The Kier molecular flexibility index (Phi) is 4.66. The molecule has 1 aliphatic carbocycles. The number of hydrogen-bond acceptors (Lipinski definition) is 4. The molecule has 1 aliphatic heterocycles. The number of benzene rings is 1. The fraction of sp³-hybridized carbons (Fsp3) is 0.500. The van der Waals surface area contributed by atoms with Gasteiger partial charge in [-0.25, -0.2) is 0 Å². The van der Waals surface area contributed by atoms with Crippen LogP contribution in [0.4, 0.5) is 5.69 Å². The molecule has 1 heterocycles. The molecule has 3 rings (SSSR count). The highest BCUT2D eigenvalue weighted by atomic mass is 32.2. The van der Waals surface area contributed by atoms with E-state index >= 15 is 0 Å². The van der Waals surface area contributed by atoms with Gasteiger partial charge in [0, 0.05) is 6.54 Å². The standard InChI is InChI=1S/C16H21N3O3S/c20-16(17-11-10-12-6-2-1-3-7-12)15-18-13-8-4-5-9-14(13)23(21,22)19-15/h4-5,8-9,12H,1-3,6-7,10-11H2,(H,17,20)(H,18,19). The summed E-state index contributed by atoms with van der Waals surface area (Å²) in [7, 11) is -3.82. The summed E-state index contributed by atoms with van der Waals surface area (Å²) in [4.78, 5) is 12.3. The lowest BCUT2D eigenvalue weighted by Gasteiger charge is -2.22. The second-order valence-electron chi connectivity index (χ2n) is 6.08. The normalized spacial score (nSPS) is 20.1. The van der Waals surface area contributed by atoms with Crippen molar-refractivity contribution in [2.24, 2.45) is 10.3 Å². The minimum atomic E-state index is -3.82. The van der Waals surface area contributed by atoms with Crippen LogP contribution in [0.5, 0.6) is 0 Å². The molecule has 6 nitrogen and oxygen atoms in total. The van der Waals surface area contributed by atoms with Crippen LogP contribution in [-0.2, 0) is 14.8 Å². The Labute approximate surface area is 136 Å². The van der Waals surface area contributed by atoms with Crippen LogP contribution in [0.2, 0.25) is 0 Å². The minimum absolute atomic E-state index is 0.0961. The number of fused-ring (bicyclic) bond motifs is 1. The Morgan fingerprint density at radius 3 is 2.74 bits per heavy atom. The second-order valence-corrected chi connectivity index (χ2v) is 7.66. The molecule has 23 heavy (non-hydrogen) atoms. The van der Waals surface area contributed by atoms with E-state index in [-0.39, 0.29) is 10.7 Å². The van der Waals surface area contributed by atoms with Crippen LogP contribution in [0.1, 0.15) is 38.5 Å². The molecule has 124 valence electrons. The van der Waals surface area contributed by atoms with Crippen molar-refractivity contribution in [2.45, 2.75) is 43.4 Å². The zero-order chi connectivity index (χ0) is 16.3. The molecule has 1 aromatic carbocycles. The van der Waals surface area contributed by atoms with Gasteiger partial charge in [0.2, 0.25) is 5.84 Å². The zero-order valence-electron chi connectivity index (χ0n) is 12.9. The summed E-state index contributed by atoms with van der Waals surface area (Å²) in [5.41, 5.74) is 0.389. The van der Waals surface area contributed by atoms with Crippen molar-refractivity contribution in [3.05, 3.63) is 24.3 Å². The summed E-state index contributed by atoms with van der Waals surface area (Å²) in [6.45, 7) is 0.548. The zero-order valence-corrected chi connectivity index (χ0v) is 13.7. The lowest BCUT2D eigenvalue weighted by Crippen LogP contribution is -2.39. The SMILES string of the molecule is O=C(NCCC1CCCCC1)C1=NS(=O)(=O)c2ccccc2N1. The summed E-state index contributed by atoms with van der Waals surface area (Å²) in [5, 5.41) is 5.57. The molecule has 0 aromatic heterocycles. The van der Waals surface area contributed by atoms with Crippen LogP contribution in [-0.4, -0.2) is 26.7 Å². The van der Waals surface area contributed by atoms with E-state index in [0.29, 0.717) is 18.2 Å². The lowest BCUT2D eigenvalue weighted by atomic mass is 9.87. The van der Waals surface area contributed by atoms with E-state index < -0.39 is 15.9 Å². The van der Waals surface area contributed by atoms with Crippen LogP contribution in [0, 0.1) is 5.92 Å². The number of sulfonamides is 1. The van der Waals surface area contributed by atoms with Crippen molar-refractivity contribution in [3.8, 4) is 0 Å². The highest BCUT2D eigenvalue weighted by molar-refractivity contribution is 7.90. The molecule has 0 radical (unpaired) electrons. The van der Waals surface area contributed by atoms with E-state index in [1.165, 1.54) is 38.2 Å². The van der Waals surface area contributed by atoms with Crippen LogP contribution < -0.4 is 10.6 Å². The number of carbonyl (C=O) groups excluding carboxylic acids is 1. The van der Waals surface area contributed by atoms with Gasteiger partial charge in [-0.05, 0) is 24.5 Å². The number of amidine groups is 1. The van der Waals surface area contributed by atoms with Gasteiger partial charge in [-0.2, -0.15) is 8.42 Å². The Hall–Kier alpha value is -1.89. The van der Waals surface area contributed by atoms with Crippen molar-refractivity contribution in [2.75, 3.05) is 11.9 Å². The molecule has 0 unspecified atom stereocenters.